The van der Waals surface area contributed by atoms with E-state index in [-0.39, 0.29) is 12.6 Å². The summed E-state index contributed by atoms with van der Waals surface area (Å²) in [5, 5.41) is 12.5. The number of methoxy groups -OCH3 is 1. The number of nitrogens with one attached hydrogen (secondary N) is 1. The van der Waals surface area contributed by atoms with Crippen LogP contribution in [0.3, 0.4) is 0 Å². The summed E-state index contributed by atoms with van der Waals surface area (Å²) in [7, 11) is 1.66. The number of aromatic nitrogens is 1. The van der Waals surface area contributed by atoms with E-state index in [1.807, 2.05) is 36.4 Å². The van der Waals surface area contributed by atoms with Gasteiger partial charge in [-0.25, -0.2) is 4.79 Å². The fourth-order valence-electron chi connectivity index (χ4n) is 5.66. The summed E-state index contributed by atoms with van der Waals surface area (Å²) in [6.45, 7) is 4.83. The fourth-order valence-corrected chi connectivity index (χ4v) is 5.66. The number of aromatic amines is 1. The Kier molecular flexibility index (Phi) is 10.6. The molecule has 1 aliphatic heterocycles. The minimum absolute atomic E-state index is 0.103. The quantitative estimate of drug-likeness (QED) is 0.220. The Morgan fingerprint density at radius 3 is 2.43 bits per heavy atom. The van der Waals surface area contributed by atoms with Crippen LogP contribution in [-0.4, -0.2) is 37.2 Å². The van der Waals surface area contributed by atoms with Crippen LogP contribution in [0.1, 0.15) is 58.2 Å². The van der Waals surface area contributed by atoms with Crippen LogP contribution in [0, 0.1) is 0 Å². The second kappa shape index (κ2) is 15.1. The van der Waals surface area contributed by atoms with Crippen molar-refractivity contribution >= 4 is 22.8 Å². The summed E-state index contributed by atoms with van der Waals surface area (Å²) in [5.74, 6) is 0.605. The van der Waals surface area contributed by atoms with Gasteiger partial charge in [-0.2, -0.15) is 0 Å². The number of carboxylic acids is 1. The molecule has 0 saturated heterocycles. The minimum Gasteiger partial charge on any atom is -0.550 e. The highest BCUT2D eigenvalue weighted by atomic mass is 16.5. The zero-order valence-electron chi connectivity index (χ0n) is 26.2. The van der Waals surface area contributed by atoms with Gasteiger partial charge in [0.2, 0.25) is 0 Å². The lowest BCUT2D eigenvalue weighted by Gasteiger charge is -2.22. The first-order valence-corrected chi connectivity index (χ1v) is 15.3. The van der Waals surface area contributed by atoms with E-state index >= 15 is 0 Å². The summed E-state index contributed by atoms with van der Waals surface area (Å²) in [6, 6.07) is 30.0. The molecule has 0 aliphatic carbocycles. The molecule has 1 aliphatic rings. The first-order chi connectivity index (χ1) is 22.4. The van der Waals surface area contributed by atoms with Gasteiger partial charge in [-0.3, -0.25) is 0 Å². The van der Waals surface area contributed by atoms with Gasteiger partial charge in [-0.15, -0.1) is 0 Å². The predicted molar refractivity (Wildman–Crippen MR) is 172 cm³/mol. The van der Waals surface area contributed by atoms with Gasteiger partial charge in [0.25, 0.3) is 0 Å². The Morgan fingerprint density at radius 1 is 0.913 bits per heavy atom. The molecule has 2 heterocycles. The highest BCUT2D eigenvalue weighted by Gasteiger charge is 2.29. The molecule has 238 valence electrons. The van der Waals surface area contributed by atoms with E-state index in [1.54, 1.807) is 32.2 Å². The van der Waals surface area contributed by atoms with Gasteiger partial charge in [-0.05, 0) is 73.5 Å². The number of hydrogen-bond donors (Lipinski definition) is 2. The second-order valence-corrected chi connectivity index (χ2v) is 10.8. The van der Waals surface area contributed by atoms with Crippen LogP contribution in [0.4, 0.5) is 0 Å². The number of para-hydroxylation sites is 1. The summed E-state index contributed by atoms with van der Waals surface area (Å²) < 4.78 is 23.2. The highest BCUT2D eigenvalue weighted by molar-refractivity contribution is 5.92. The number of ether oxygens (including phenoxy) is 4. The Bertz CT molecular complexity index is 1790. The van der Waals surface area contributed by atoms with Gasteiger partial charge in [0, 0.05) is 34.4 Å². The Balaban J connectivity index is 0.000000985. The third-order valence-corrected chi connectivity index (χ3v) is 7.70. The molecule has 9 nitrogen and oxygen atoms in total. The molecule has 0 spiro atoms. The molecular formula is C37H38N2O7. The molecule has 1 unspecified atom stereocenters. The number of esters is 1. The Labute approximate surface area is 268 Å². The molecule has 6 rings (SSSR count). The highest BCUT2D eigenvalue weighted by Crippen LogP contribution is 2.34. The van der Waals surface area contributed by atoms with Gasteiger partial charge < -0.3 is 39.1 Å². The summed E-state index contributed by atoms with van der Waals surface area (Å²) in [4.78, 5) is 25.0. The summed E-state index contributed by atoms with van der Waals surface area (Å²) in [5.41, 5.74) is 7.26. The van der Waals surface area contributed by atoms with Crippen LogP contribution < -0.4 is 24.6 Å². The monoisotopic (exact) mass is 622 g/mol. The third-order valence-electron chi connectivity index (χ3n) is 7.70. The van der Waals surface area contributed by atoms with Gasteiger partial charge in [0.05, 0.1) is 26.0 Å². The standard InChI is InChI=1S/C35H34N2O5.C2H4O2/c1-3-40-35(38)28-11-7-8-12-32(28)42-22-25-19-24(13-16-31(25)39-2)33-34-27(17-18-36-33)29-20-26(14-15-30(29)37-34)41-21-23-9-5-4-6-10-23;1-2(3)4/h4-16,19-20,33,36-37H,3,17-18,21-22H2,1-2H3;1H3,(H,3,4). The molecule has 0 saturated carbocycles. The lowest BCUT2D eigenvalue weighted by molar-refractivity contribution is -0.690. The van der Waals surface area contributed by atoms with E-state index in [0.29, 0.717) is 24.5 Å². The largest absolute Gasteiger partial charge is 0.550 e. The van der Waals surface area contributed by atoms with Crippen molar-refractivity contribution in [2.24, 2.45) is 0 Å². The van der Waals surface area contributed by atoms with Gasteiger partial charge in [0.15, 0.2) is 6.04 Å². The van der Waals surface area contributed by atoms with Crippen molar-refractivity contribution in [3.63, 3.8) is 0 Å². The smallest absolute Gasteiger partial charge is 0.341 e. The molecule has 5 aromatic rings. The number of benzene rings is 4. The molecule has 46 heavy (non-hydrogen) atoms. The third kappa shape index (κ3) is 7.68. The van der Waals surface area contributed by atoms with Gasteiger partial charge in [0.1, 0.15) is 36.0 Å². The number of aliphatic carboxylic acids is 1. The average Bonchev–Trinajstić information content (AvgIpc) is 3.45. The van der Waals surface area contributed by atoms with Crippen molar-refractivity contribution in [3.05, 3.63) is 125 Å². The number of carbonyl (C=O) groups excluding carboxylic acids is 2. The molecule has 0 radical (unpaired) electrons. The van der Waals surface area contributed by atoms with Crippen LogP contribution in [-0.2, 0) is 29.2 Å². The van der Waals surface area contributed by atoms with Crippen LogP contribution in [0.2, 0.25) is 0 Å². The van der Waals surface area contributed by atoms with Gasteiger partial charge >= 0.3 is 5.97 Å². The molecular weight excluding hydrogens is 584 g/mol. The first-order valence-electron chi connectivity index (χ1n) is 15.3. The normalized spacial score (nSPS) is 13.6. The zero-order chi connectivity index (χ0) is 32.5. The number of fused-ring (bicyclic) bond motifs is 3. The molecule has 0 fully saturated rings. The van der Waals surface area contributed by atoms with Crippen molar-refractivity contribution in [1.29, 1.82) is 0 Å². The number of hydrogen-bond acceptors (Lipinski definition) is 7. The van der Waals surface area contributed by atoms with Crippen molar-refractivity contribution < 1.29 is 39.0 Å². The van der Waals surface area contributed by atoms with E-state index in [1.165, 1.54) is 16.6 Å². The van der Waals surface area contributed by atoms with Crippen LogP contribution in [0.5, 0.6) is 17.2 Å². The number of carbonyl (C=O) groups is 2. The predicted octanol–water partition coefficient (Wildman–Crippen LogP) is 4.48. The molecule has 4 aromatic carbocycles. The van der Waals surface area contributed by atoms with Crippen molar-refractivity contribution in [2.75, 3.05) is 20.3 Å². The Hall–Kier alpha value is -5.28. The van der Waals surface area contributed by atoms with Crippen molar-refractivity contribution in [1.82, 2.24) is 4.98 Å². The number of nitrogens with two attached hydrogens (primary N) is 1. The summed E-state index contributed by atoms with van der Waals surface area (Å²) >= 11 is 0. The maximum absolute atomic E-state index is 12.4. The molecule has 0 amide bonds. The topological polar surface area (TPSA) is 127 Å². The van der Waals surface area contributed by atoms with E-state index in [4.69, 9.17) is 28.8 Å². The van der Waals surface area contributed by atoms with Crippen LogP contribution in [0.25, 0.3) is 10.9 Å². The Morgan fingerprint density at radius 2 is 1.67 bits per heavy atom. The van der Waals surface area contributed by atoms with Crippen LogP contribution in [0.15, 0.2) is 91.0 Å². The number of quaternary nitrogens is 1. The van der Waals surface area contributed by atoms with Crippen molar-refractivity contribution in [3.8, 4) is 17.2 Å². The molecule has 0 bridgehead atoms. The van der Waals surface area contributed by atoms with E-state index in [9.17, 15) is 4.79 Å². The average molecular weight is 623 g/mol. The van der Waals surface area contributed by atoms with E-state index in [0.717, 1.165) is 53.6 Å². The molecule has 3 N–H and O–H groups in total. The lowest BCUT2D eigenvalue weighted by Crippen LogP contribution is -2.87. The van der Waals surface area contributed by atoms with Crippen LogP contribution >= 0.6 is 0 Å². The molecule has 1 aromatic heterocycles. The second-order valence-electron chi connectivity index (χ2n) is 10.8. The summed E-state index contributed by atoms with van der Waals surface area (Å²) in [6.07, 6.45) is 0.977. The lowest BCUT2D eigenvalue weighted by atomic mass is 9.93. The van der Waals surface area contributed by atoms with Crippen molar-refractivity contribution in [2.45, 2.75) is 39.5 Å². The first kappa shape index (κ1) is 32.1. The van der Waals surface area contributed by atoms with E-state index in [2.05, 4.69) is 46.7 Å². The minimum atomic E-state index is -1.08. The van der Waals surface area contributed by atoms with Gasteiger partial charge in [-0.1, -0.05) is 42.5 Å². The molecule has 1 atom stereocenters. The zero-order valence-corrected chi connectivity index (χ0v) is 26.2. The number of H-pyrrole nitrogens is 1. The van der Waals surface area contributed by atoms with E-state index < -0.39 is 11.9 Å². The number of rotatable bonds is 10. The fraction of sp³-hybridized carbons (Fsp3) is 0.243. The SMILES string of the molecule is CC(=O)[O-].CCOC(=O)c1ccccc1OCc1cc(C2[NH2+]CCc3c2[nH]c2ccc(OCc4ccccc4)cc32)ccc1OC. The maximum atomic E-state index is 12.4. The maximum Gasteiger partial charge on any atom is 0.341 e. The number of carboxylic acid groups (broad SMARTS) is 1. The molecule has 9 heteroatoms.